The van der Waals surface area contributed by atoms with Gasteiger partial charge in [-0.1, -0.05) is 49.2 Å². The molecular weight excluding hydrogens is 429 g/mol. The predicted octanol–water partition coefficient (Wildman–Crippen LogP) is 4.16. The number of rotatable bonds is 7. The topological polar surface area (TPSA) is 52.7 Å². The number of likely N-dealkylation sites (tertiary alicyclic amines) is 1. The zero-order valence-electron chi connectivity index (χ0n) is 19.9. The Morgan fingerprint density at radius 3 is 2.41 bits per heavy atom. The molecule has 1 atom stereocenters. The molecule has 6 heteroatoms. The summed E-state index contributed by atoms with van der Waals surface area (Å²) in [7, 11) is 0. The molecule has 4 rings (SSSR count). The van der Waals surface area contributed by atoms with Crippen molar-refractivity contribution in [1.29, 1.82) is 0 Å². The number of carbonyl (C=O) groups excluding carboxylic acids is 2. The fourth-order valence-corrected chi connectivity index (χ4v) is 5.18. The number of urea groups is 1. The Morgan fingerprint density at radius 1 is 1.06 bits per heavy atom. The lowest BCUT2D eigenvalue weighted by Gasteiger charge is -2.41. The van der Waals surface area contributed by atoms with Gasteiger partial charge < -0.3 is 5.32 Å². The van der Waals surface area contributed by atoms with Crippen LogP contribution < -0.4 is 5.32 Å². The number of nitrogens with zero attached hydrogens (tertiary/aromatic N) is 2. The van der Waals surface area contributed by atoms with Crippen molar-refractivity contribution >= 4 is 11.9 Å². The number of halogens is 1. The minimum atomic E-state index is -1.07. The van der Waals surface area contributed by atoms with Gasteiger partial charge in [0, 0.05) is 13.0 Å². The number of hydrogen-bond acceptors (Lipinski definition) is 3. The number of carbonyl (C=O) groups is 2. The van der Waals surface area contributed by atoms with Gasteiger partial charge in [0.15, 0.2) is 0 Å². The molecule has 0 spiro atoms. The van der Waals surface area contributed by atoms with Crippen LogP contribution in [0, 0.1) is 23.6 Å². The summed E-state index contributed by atoms with van der Waals surface area (Å²) in [5.74, 6) is 4.96. The van der Waals surface area contributed by atoms with E-state index in [1.165, 1.54) is 28.2 Å². The lowest BCUT2D eigenvalue weighted by Crippen LogP contribution is -2.57. The number of benzene rings is 2. The normalized spacial score (nSPS) is 21.3. The average Bonchev–Trinajstić information content (AvgIpc) is 3.08. The van der Waals surface area contributed by atoms with Crippen LogP contribution in [0.3, 0.4) is 0 Å². The van der Waals surface area contributed by atoms with Crippen molar-refractivity contribution in [2.45, 2.75) is 51.6 Å². The van der Waals surface area contributed by atoms with Gasteiger partial charge in [-0.05, 0) is 74.0 Å². The minimum absolute atomic E-state index is 0.0366. The lowest BCUT2D eigenvalue weighted by atomic mass is 9.74. The molecule has 0 radical (unpaired) electrons. The maximum Gasteiger partial charge on any atom is 0.325 e. The highest BCUT2D eigenvalue weighted by Crippen LogP contribution is 2.37. The van der Waals surface area contributed by atoms with Crippen molar-refractivity contribution in [2.75, 3.05) is 19.6 Å². The highest BCUT2D eigenvalue weighted by molar-refractivity contribution is 6.07. The molecule has 2 aromatic rings. The molecule has 2 saturated heterocycles. The number of amides is 3. The van der Waals surface area contributed by atoms with Crippen molar-refractivity contribution in [1.82, 2.24) is 15.1 Å². The van der Waals surface area contributed by atoms with Crippen LogP contribution in [0.5, 0.6) is 0 Å². The van der Waals surface area contributed by atoms with E-state index in [9.17, 15) is 14.0 Å². The minimum Gasteiger partial charge on any atom is -0.322 e. The van der Waals surface area contributed by atoms with Crippen LogP contribution in [-0.2, 0) is 24.2 Å². The summed E-state index contributed by atoms with van der Waals surface area (Å²) in [6.07, 6.45) is 2.86. The Balaban J connectivity index is 1.52. The monoisotopic (exact) mass is 461 g/mol. The second-order valence-corrected chi connectivity index (χ2v) is 9.25. The molecule has 34 heavy (non-hydrogen) atoms. The summed E-state index contributed by atoms with van der Waals surface area (Å²) in [6.45, 7) is 6.44. The van der Waals surface area contributed by atoms with E-state index >= 15 is 0 Å². The molecule has 0 saturated carbocycles. The summed E-state index contributed by atoms with van der Waals surface area (Å²) >= 11 is 0. The zero-order valence-corrected chi connectivity index (χ0v) is 19.9. The summed E-state index contributed by atoms with van der Waals surface area (Å²) in [5, 5.41) is 3.02. The van der Waals surface area contributed by atoms with Crippen molar-refractivity contribution in [3.63, 3.8) is 0 Å². The van der Waals surface area contributed by atoms with Crippen LogP contribution in [-0.4, -0.2) is 46.9 Å². The van der Waals surface area contributed by atoms with E-state index in [2.05, 4.69) is 53.2 Å². The van der Waals surface area contributed by atoms with Crippen molar-refractivity contribution < 1.29 is 14.0 Å². The van der Waals surface area contributed by atoms with Gasteiger partial charge in [0.05, 0.1) is 6.54 Å². The van der Waals surface area contributed by atoms with E-state index in [1.807, 2.05) is 6.07 Å². The Morgan fingerprint density at radius 2 is 1.76 bits per heavy atom. The number of piperidine rings is 1. The van der Waals surface area contributed by atoms with Gasteiger partial charge in [-0.15, -0.1) is 5.92 Å². The van der Waals surface area contributed by atoms with Gasteiger partial charge >= 0.3 is 6.03 Å². The molecule has 3 amide bonds. The Bertz CT molecular complexity index is 1100. The third kappa shape index (κ3) is 5.00. The molecular formula is C28H32FN3O2. The Labute approximate surface area is 201 Å². The van der Waals surface area contributed by atoms with Crippen molar-refractivity contribution in [3.05, 3.63) is 71.0 Å². The smallest absolute Gasteiger partial charge is 0.322 e. The van der Waals surface area contributed by atoms with E-state index in [4.69, 9.17) is 0 Å². The first-order valence-corrected chi connectivity index (χ1v) is 12.0. The number of aryl methyl sites for hydroxylation is 1. The molecule has 0 aliphatic carbocycles. The molecule has 5 nitrogen and oxygen atoms in total. The van der Waals surface area contributed by atoms with Crippen LogP contribution in [0.4, 0.5) is 9.18 Å². The summed E-state index contributed by atoms with van der Waals surface area (Å²) in [5.41, 5.74) is 2.24. The standard InChI is InChI=1S/C28H32FN3O2/c1-3-5-15-32-26(33)28(30-27(32)34,19-23-7-6-8-25(29)18-23)24-13-16-31(17-14-24)20-22-11-9-21(4-2)10-12-22/h6-12,18,24H,4,13-17,19-20H2,1-2H3,(H,30,34)/t28-/m0/s1. The number of imide groups is 1. The predicted molar refractivity (Wildman–Crippen MR) is 130 cm³/mol. The second kappa shape index (κ2) is 10.4. The molecule has 178 valence electrons. The Kier molecular flexibility index (Phi) is 7.33. The molecule has 0 aromatic heterocycles. The maximum absolute atomic E-state index is 13.9. The van der Waals surface area contributed by atoms with Crippen molar-refractivity contribution in [3.8, 4) is 11.8 Å². The highest BCUT2D eigenvalue weighted by atomic mass is 19.1. The van der Waals surface area contributed by atoms with E-state index in [0.29, 0.717) is 5.56 Å². The molecule has 0 bridgehead atoms. The lowest BCUT2D eigenvalue weighted by molar-refractivity contribution is -0.133. The molecule has 2 heterocycles. The van der Waals surface area contributed by atoms with Crippen LogP contribution in [0.2, 0.25) is 0 Å². The summed E-state index contributed by atoms with van der Waals surface area (Å²) < 4.78 is 13.9. The van der Waals surface area contributed by atoms with Crippen molar-refractivity contribution in [2.24, 2.45) is 5.92 Å². The highest BCUT2D eigenvalue weighted by Gasteiger charge is 2.55. The fourth-order valence-electron chi connectivity index (χ4n) is 5.18. The van der Waals surface area contributed by atoms with Gasteiger partial charge in [-0.2, -0.15) is 0 Å². The molecule has 2 aliphatic rings. The first kappa shape index (κ1) is 24.0. The van der Waals surface area contributed by atoms with Crippen LogP contribution in [0.1, 0.15) is 43.4 Å². The van der Waals surface area contributed by atoms with Crippen LogP contribution in [0.15, 0.2) is 48.5 Å². The largest absolute Gasteiger partial charge is 0.325 e. The van der Waals surface area contributed by atoms with Gasteiger partial charge in [0.25, 0.3) is 5.91 Å². The van der Waals surface area contributed by atoms with Gasteiger partial charge in [-0.3, -0.25) is 14.6 Å². The molecule has 2 aliphatic heterocycles. The van der Waals surface area contributed by atoms with E-state index in [0.717, 1.165) is 38.9 Å². The van der Waals surface area contributed by atoms with E-state index < -0.39 is 11.6 Å². The quantitative estimate of drug-likeness (QED) is 0.498. The SMILES string of the molecule is CC#CCN1C(=O)N[C@@](Cc2cccc(F)c2)(C2CCN(Cc3ccc(CC)cc3)CC2)C1=O. The van der Waals surface area contributed by atoms with Gasteiger partial charge in [-0.25, -0.2) is 9.18 Å². The molecule has 2 fully saturated rings. The molecule has 2 aromatic carbocycles. The second-order valence-electron chi connectivity index (χ2n) is 9.25. The molecule has 0 unspecified atom stereocenters. The van der Waals surface area contributed by atoms with Gasteiger partial charge in [0.2, 0.25) is 0 Å². The average molecular weight is 462 g/mol. The summed E-state index contributed by atoms with van der Waals surface area (Å²) in [6, 6.07) is 14.6. The maximum atomic E-state index is 13.9. The summed E-state index contributed by atoms with van der Waals surface area (Å²) in [4.78, 5) is 30.0. The number of nitrogens with one attached hydrogen (secondary N) is 1. The third-order valence-electron chi connectivity index (χ3n) is 7.11. The first-order valence-electron chi connectivity index (χ1n) is 12.0. The zero-order chi connectivity index (χ0) is 24.1. The first-order chi connectivity index (χ1) is 16.4. The number of hydrogen-bond donors (Lipinski definition) is 1. The third-order valence-corrected chi connectivity index (χ3v) is 7.11. The van der Waals surface area contributed by atoms with E-state index in [1.54, 1.807) is 13.0 Å². The van der Waals surface area contributed by atoms with Crippen LogP contribution in [0.25, 0.3) is 0 Å². The molecule has 1 N–H and O–H groups in total. The van der Waals surface area contributed by atoms with Crippen LogP contribution >= 0.6 is 0 Å². The van der Waals surface area contributed by atoms with E-state index in [-0.39, 0.29) is 30.6 Å². The van der Waals surface area contributed by atoms with Gasteiger partial charge in [0.1, 0.15) is 11.4 Å². The Hall–Kier alpha value is -3.17. The fraction of sp³-hybridized carbons (Fsp3) is 0.429.